The molecule has 3 aliphatic heterocycles. The zero-order valence-electron chi connectivity index (χ0n) is 10.8. The lowest BCUT2D eigenvalue weighted by Crippen LogP contribution is -2.50. The quantitative estimate of drug-likeness (QED) is 0.716. The Bertz CT molecular complexity index is 522. The lowest BCUT2D eigenvalue weighted by atomic mass is 9.92. The second-order valence-corrected chi connectivity index (χ2v) is 5.52. The molecule has 0 aliphatic carbocycles. The smallest absolute Gasteiger partial charge is 0.254 e. The Morgan fingerprint density at radius 2 is 2.00 bits per heavy atom. The van der Waals surface area contributed by atoms with E-state index in [4.69, 9.17) is 9.47 Å². The summed E-state index contributed by atoms with van der Waals surface area (Å²) in [4.78, 5) is 14.3. The normalized spacial score (nSPS) is 28.3. The average Bonchev–Trinajstić information content (AvgIpc) is 2.73. The van der Waals surface area contributed by atoms with Gasteiger partial charge in [-0.2, -0.15) is 0 Å². The molecule has 4 rings (SSSR count). The van der Waals surface area contributed by atoms with Crippen molar-refractivity contribution in [3.63, 3.8) is 0 Å². The van der Waals surface area contributed by atoms with Crippen LogP contribution in [-0.4, -0.2) is 36.4 Å². The van der Waals surface area contributed by atoms with Crippen LogP contribution in [0.5, 0.6) is 0 Å². The summed E-state index contributed by atoms with van der Waals surface area (Å²) >= 11 is 0. The highest BCUT2D eigenvalue weighted by atomic mass is 16.7. The molecule has 1 amide bonds. The molecule has 1 unspecified atom stereocenters. The number of nitrogens with zero attached hydrogens (tertiary/aromatic N) is 1. The fourth-order valence-electron chi connectivity index (χ4n) is 3.49. The summed E-state index contributed by atoms with van der Waals surface area (Å²) in [5.74, 6) is -0.303. The van der Waals surface area contributed by atoms with Crippen LogP contribution in [0.2, 0.25) is 0 Å². The highest BCUT2D eigenvalue weighted by molar-refractivity contribution is 5.99. The molecule has 100 valence electrons. The van der Waals surface area contributed by atoms with Crippen molar-refractivity contribution in [1.82, 2.24) is 4.90 Å². The third-order valence-electron chi connectivity index (χ3n) is 4.44. The minimum atomic E-state index is -0.461. The molecular weight excluding hydrogens is 242 g/mol. The number of hydrogen-bond donors (Lipinski definition) is 0. The Balaban J connectivity index is 1.69. The number of hydrogen-bond acceptors (Lipinski definition) is 3. The second-order valence-electron chi connectivity index (χ2n) is 5.52. The first kappa shape index (κ1) is 11.4. The van der Waals surface area contributed by atoms with Crippen LogP contribution in [0.15, 0.2) is 24.3 Å². The van der Waals surface area contributed by atoms with Crippen molar-refractivity contribution < 1.29 is 14.3 Å². The number of ether oxygens (including phenoxy) is 2. The number of rotatable bonds is 0. The first-order valence-corrected chi connectivity index (χ1v) is 6.97. The molecule has 1 atom stereocenters. The molecule has 3 aliphatic rings. The third kappa shape index (κ3) is 1.63. The van der Waals surface area contributed by atoms with E-state index >= 15 is 0 Å². The maximum absolute atomic E-state index is 12.3. The highest BCUT2D eigenvalue weighted by Gasteiger charge is 2.48. The molecule has 4 nitrogen and oxygen atoms in total. The predicted molar refractivity (Wildman–Crippen MR) is 68.7 cm³/mol. The van der Waals surface area contributed by atoms with Gasteiger partial charge in [-0.3, -0.25) is 4.79 Å². The van der Waals surface area contributed by atoms with Crippen LogP contribution in [-0.2, 0) is 9.47 Å². The molecule has 1 spiro atoms. The maximum atomic E-state index is 12.3. The number of carbonyl (C=O) groups excluding carboxylic acids is 1. The van der Waals surface area contributed by atoms with Gasteiger partial charge in [-0.05, 0) is 18.1 Å². The lowest BCUT2D eigenvalue weighted by molar-refractivity contribution is -0.288. The van der Waals surface area contributed by atoms with E-state index in [2.05, 4.69) is 6.07 Å². The Hall–Kier alpha value is -1.39. The van der Waals surface area contributed by atoms with E-state index in [9.17, 15) is 4.79 Å². The second kappa shape index (κ2) is 4.05. The number of piperidine rings is 1. The lowest BCUT2D eigenvalue weighted by Gasteiger charge is -2.45. The Kier molecular flexibility index (Phi) is 2.44. The van der Waals surface area contributed by atoms with Crippen LogP contribution in [0.3, 0.4) is 0 Å². The average molecular weight is 259 g/mol. The van der Waals surface area contributed by atoms with Crippen LogP contribution in [0.1, 0.15) is 41.2 Å². The van der Waals surface area contributed by atoms with Gasteiger partial charge in [-0.1, -0.05) is 18.2 Å². The van der Waals surface area contributed by atoms with E-state index in [0.717, 1.165) is 50.1 Å². The van der Waals surface area contributed by atoms with Crippen LogP contribution in [0.25, 0.3) is 0 Å². The zero-order chi connectivity index (χ0) is 12.9. The fourth-order valence-corrected chi connectivity index (χ4v) is 3.49. The van der Waals surface area contributed by atoms with Gasteiger partial charge in [0.1, 0.15) is 0 Å². The van der Waals surface area contributed by atoms with E-state index in [1.165, 1.54) is 0 Å². The summed E-state index contributed by atoms with van der Waals surface area (Å²) in [6.45, 7) is 2.25. The minimum absolute atomic E-state index is 0.121. The molecule has 0 saturated carbocycles. The van der Waals surface area contributed by atoms with Crippen molar-refractivity contribution in [3.05, 3.63) is 35.4 Å². The van der Waals surface area contributed by atoms with Crippen LogP contribution >= 0.6 is 0 Å². The maximum Gasteiger partial charge on any atom is 0.254 e. The first-order chi connectivity index (χ1) is 9.29. The summed E-state index contributed by atoms with van der Waals surface area (Å²) in [5, 5.41) is 0. The SMILES string of the molecule is O=C1c2ccccc2C2CC3(CCN12)OCCCO3. The Morgan fingerprint density at radius 3 is 2.84 bits per heavy atom. The number of amides is 1. The van der Waals surface area contributed by atoms with Gasteiger partial charge in [0, 0.05) is 24.9 Å². The molecule has 2 fully saturated rings. The van der Waals surface area contributed by atoms with E-state index < -0.39 is 5.79 Å². The van der Waals surface area contributed by atoms with Crippen LogP contribution < -0.4 is 0 Å². The summed E-state index contributed by atoms with van der Waals surface area (Å²) in [7, 11) is 0. The third-order valence-corrected chi connectivity index (χ3v) is 4.44. The van der Waals surface area contributed by atoms with Crippen molar-refractivity contribution in [1.29, 1.82) is 0 Å². The molecule has 0 radical (unpaired) electrons. The van der Waals surface area contributed by atoms with Gasteiger partial charge >= 0.3 is 0 Å². The number of fused-ring (bicyclic) bond motifs is 3. The number of benzene rings is 1. The van der Waals surface area contributed by atoms with E-state index in [1.807, 2.05) is 23.1 Å². The summed E-state index contributed by atoms with van der Waals surface area (Å²) in [6.07, 6.45) is 2.50. The van der Waals surface area contributed by atoms with Gasteiger partial charge in [0.05, 0.1) is 19.3 Å². The molecule has 4 heteroatoms. The zero-order valence-corrected chi connectivity index (χ0v) is 10.8. The summed E-state index contributed by atoms with van der Waals surface area (Å²) in [6, 6.07) is 8.03. The van der Waals surface area contributed by atoms with Crippen LogP contribution in [0.4, 0.5) is 0 Å². The molecule has 1 aromatic carbocycles. The molecule has 0 N–H and O–H groups in total. The van der Waals surface area contributed by atoms with Gasteiger partial charge < -0.3 is 14.4 Å². The topological polar surface area (TPSA) is 38.8 Å². The predicted octanol–water partition coefficient (Wildman–Crippen LogP) is 2.11. The molecule has 0 aromatic heterocycles. The van der Waals surface area contributed by atoms with Crippen molar-refractivity contribution >= 4 is 5.91 Å². The van der Waals surface area contributed by atoms with Gasteiger partial charge in [0.25, 0.3) is 5.91 Å². The minimum Gasteiger partial charge on any atom is -0.350 e. The molecule has 1 aromatic rings. The van der Waals surface area contributed by atoms with Crippen molar-refractivity contribution in [2.24, 2.45) is 0 Å². The molecule has 0 bridgehead atoms. The van der Waals surface area contributed by atoms with Gasteiger partial charge in [0.2, 0.25) is 0 Å². The summed E-state index contributed by atoms with van der Waals surface area (Å²) < 4.78 is 11.8. The van der Waals surface area contributed by atoms with Gasteiger partial charge in [-0.15, -0.1) is 0 Å². The monoisotopic (exact) mass is 259 g/mol. The first-order valence-electron chi connectivity index (χ1n) is 6.97. The van der Waals surface area contributed by atoms with Crippen molar-refractivity contribution in [3.8, 4) is 0 Å². The Labute approximate surface area is 112 Å². The molecule has 3 heterocycles. The Morgan fingerprint density at radius 1 is 1.21 bits per heavy atom. The molecule has 2 saturated heterocycles. The highest BCUT2D eigenvalue weighted by Crippen LogP contribution is 2.45. The fraction of sp³-hybridized carbons (Fsp3) is 0.533. The van der Waals surface area contributed by atoms with Gasteiger partial charge in [0.15, 0.2) is 5.79 Å². The van der Waals surface area contributed by atoms with Crippen LogP contribution in [0, 0.1) is 0 Å². The van der Waals surface area contributed by atoms with E-state index in [0.29, 0.717) is 0 Å². The van der Waals surface area contributed by atoms with Crippen molar-refractivity contribution in [2.75, 3.05) is 19.8 Å². The molecular formula is C15H17NO3. The van der Waals surface area contributed by atoms with Gasteiger partial charge in [-0.25, -0.2) is 0 Å². The van der Waals surface area contributed by atoms with E-state index in [-0.39, 0.29) is 11.9 Å². The number of carbonyl (C=O) groups is 1. The standard InChI is InChI=1S/C15H17NO3/c17-14-12-5-2-1-4-11(12)13-10-15(6-7-16(13)14)18-8-3-9-19-15/h1-2,4-5,13H,3,6-10H2. The summed E-state index contributed by atoms with van der Waals surface area (Å²) in [5.41, 5.74) is 1.98. The largest absolute Gasteiger partial charge is 0.350 e. The van der Waals surface area contributed by atoms with Crippen molar-refractivity contribution in [2.45, 2.75) is 31.1 Å². The van der Waals surface area contributed by atoms with E-state index in [1.54, 1.807) is 0 Å². The molecule has 19 heavy (non-hydrogen) atoms.